The first-order chi connectivity index (χ1) is 13.3. The smallest absolute Gasteiger partial charge is 0.392 e. The van der Waals surface area contributed by atoms with E-state index in [1.807, 2.05) is 35.8 Å². The van der Waals surface area contributed by atoms with E-state index in [0.717, 1.165) is 22.2 Å². The van der Waals surface area contributed by atoms with E-state index in [9.17, 15) is 23.1 Å². The van der Waals surface area contributed by atoms with Crippen molar-refractivity contribution < 1.29 is 23.1 Å². The molecule has 28 heavy (non-hydrogen) atoms. The summed E-state index contributed by atoms with van der Waals surface area (Å²) in [5, 5.41) is 10.4. The Morgan fingerprint density at radius 2 is 1.82 bits per heavy atom. The lowest BCUT2D eigenvalue weighted by Gasteiger charge is -2.28. The van der Waals surface area contributed by atoms with Crippen molar-refractivity contribution in [2.45, 2.75) is 38.4 Å². The normalized spacial score (nSPS) is 18.1. The second-order valence-electron chi connectivity index (χ2n) is 7.36. The summed E-state index contributed by atoms with van der Waals surface area (Å²) >= 11 is 0. The predicted molar refractivity (Wildman–Crippen MR) is 101 cm³/mol. The van der Waals surface area contributed by atoms with Gasteiger partial charge in [0.05, 0.1) is 17.5 Å². The second-order valence-corrected chi connectivity index (χ2v) is 7.36. The van der Waals surface area contributed by atoms with Crippen LogP contribution in [0.5, 0.6) is 0 Å². The third-order valence-electron chi connectivity index (χ3n) is 5.80. The molecular weight excluding hydrogens is 367 g/mol. The fourth-order valence-electron chi connectivity index (χ4n) is 4.46. The van der Waals surface area contributed by atoms with E-state index in [-0.39, 0.29) is 24.4 Å². The van der Waals surface area contributed by atoms with Gasteiger partial charge in [0, 0.05) is 16.6 Å². The van der Waals surface area contributed by atoms with Crippen LogP contribution in [0.25, 0.3) is 10.9 Å². The van der Waals surface area contributed by atoms with Crippen LogP contribution in [-0.4, -0.2) is 21.8 Å². The maximum Gasteiger partial charge on any atom is 0.392 e. The lowest BCUT2D eigenvalue weighted by molar-refractivity contribution is -0.177. The Labute approximate surface area is 160 Å². The molecular formula is C22H20F3NO2. The standard InChI is InChI=1S/C22H20F3NO2/c1-13(15-6-2-3-8-17(15)21(27)28)26-19-9-5-4-7-16(19)18-12-14(22(23,24)25)10-11-20(18)26/h2-9,13-14H,10-12H2,1H3,(H,27,28). The minimum Gasteiger partial charge on any atom is -0.478 e. The number of carbonyl (C=O) groups is 1. The fourth-order valence-corrected chi connectivity index (χ4v) is 4.46. The van der Waals surface area contributed by atoms with Gasteiger partial charge in [-0.05, 0) is 49.4 Å². The molecule has 4 rings (SSSR count). The summed E-state index contributed by atoms with van der Waals surface area (Å²) in [6, 6.07) is 14.0. The molecule has 0 saturated carbocycles. The summed E-state index contributed by atoms with van der Waals surface area (Å²) in [4.78, 5) is 11.7. The van der Waals surface area contributed by atoms with Crippen molar-refractivity contribution >= 4 is 16.9 Å². The number of hydrogen-bond donors (Lipinski definition) is 1. The van der Waals surface area contributed by atoms with E-state index < -0.39 is 18.1 Å². The van der Waals surface area contributed by atoms with E-state index in [2.05, 4.69) is 0 Å². The van der Waals surface area contributed by atoms with Crippen LogP contribution in [0.1, 0.15) is 46.6 Å². The number of benzene rings is 2. The number of aromatic carboxylic acids is 1. The molecule has 1 aliphatic carbocycles. The molecule has 0 spiro atoms. The molecule has 1 aromatic heterocycles. The first-order valence-corrected chi connectivity index (χ1v) is 9.28. The monoisotopic (exact) mass is 387 g/mol. The summed E-state index contributed by atoms with van der Waals surface area (Å²) < 4.78 is 42.0. The molecule has 1 N–H and O–H groups in total. The van der Waals surface area contributed by atoms with E-state index in [1.54, 1.807) is 24.3 Å². The number of fused-ring (bicyclic) bond motifs is 3. The minimum absolute atomic E-state index is 0.0281. The summed E-state index contributed by atoms with van der Waals surface area (Å²) in [5.74, 6) is -2.34. The van der Waals surface area contributed by atoms with Crippen molar-refractivity contribution in [3.8, 4) is 0 Å². The number of alkyl halides is 3. The highest BCUT2D eigenvalue weighted by Crippen LogP contribution is 2.42. The Morgan fingerprint density at radius 1 is 1.14 bits per heavy atom. The average molecular weight is 387 g/mol. The molecule has 2 unspecified atom stereocenters. The van der Waals surface area contributed by atoms with Crippen LogP contribution >= 0.6 is 0 Å². The Bertz CT molecular complexity index is 1050. The lowest BCUT2D eigenvalue weighted by Crippen LogP contribution is -2.29. The van der Waals surface area contributed by atoms with Crippen LogP contribution in [0, 0.1) is 5.92 Å². The minimum atomic E-state index is -4.21. The van der Waals surface area contributed by atoms with Crippen molar-refractivity contribution in [2.75, 3.05) is 0 Å². The van der Waals surface area contributed by atoms with Crippen LogP contribution < -0.4 is 0 Å². The van der Waals surface area contributed by atoms with Crippen molar-refractivity contribution in [2.24, 2.45) is 5.92 Å². The van der Waals surface area contributed by atoms with Gasteiger partial charge in [-0.15, -0.1) is 0 Å². The number of carboxylic acids is 1. The van der Waals surface area contributed by atoms with Gasteiger partial charge in [0.1, 0.15) is 0 Å². The Hall–Kier alpha value is -2.76. The van der Waals surface area contributed by atoms with Gasteiger partial charge < -0.3 is 9.67 Å². The number of nitrogens with zero attached hydrogens (tertiary/aromatic N) is 1. The molecule has 1 heterocycles. The topological polar surface area (TPSA) is 42.2 Å². The molecule has 0 saturated heterocycles. The number of rotatable bonds is 3. The Morgan fingerprint density at radius 3 is 2.54 bits per heavy atom. The molecule has 0 amide bonds. The average Bonchev–Trinajstić information content (AvgIpc) is 3.00. The molecule has 0 aliphatic heterocycles. The number of carboxylic acid groups (broad SMARTS) is 1. The first-order valence-electron chi connectivity index (χ1n) is 9.28. The van der Waals surface area contributed by atoms with Gasteiger partial charge in [-0.1, -0.05) is 36.4 Å². The zero-order chi connectivity index (χ0) is 20.1. The van der Waals surface area contributed by atoms with Crippen LogP contribution in [0.15, 0.2) is 48.5 Å². The van der Waals surface area contributed by atoms with Gasteiger partial charge in [-0.2, -0.15) is 13.2 Å². The molecule has 6 heteroatoms. The highest BCUT2D eigenvalue weighted by Gasteiger charge is 2.42. The van der Waals surface area contributed by atoms with Crippen molar-refractivity contribution in [1.29, 1.82) is 0 Å². The van der Waals surface area contributed by atoms with Crippen LogP contribution in [0.4, 0.5) is 13.2 Å². The molecule has 0 radical (unpaired) electrons. The first kappa shape index (κ1) is 18.6. The van der Waals surface area contributed by atoms with Crippen LogP contribution in [0.2, 0.25) is 0 Å². The van der Waals surface area contributed by atoms with Crippen molar-refractivity contribution in [3.63, 3.8) is 0 Å². The van der Waals surface area contributed by atoms with Gasteiger partial charge in [-0.3, -0.25) is 0 Å². The zero-order valence-electron chi connectivity index (χ0n) is 15.3. The lowest BCUT2D eigenvalue weighted by atomic mass is 9.85. The van der Waals surface area contributed by atoms with E-state index >= 15 is 0 Å². The fraction of sp³-hybridized carbons (Fsp3) is 0.318. The maximum absolute atomic E-state index is 13.3. The molecule has 3 aromatic rings. The molecule has 0 bridgehead atoms. The zero-order valence-corrected chi connectivity index (χ0v) is 15.3. The van der Waals surface area contributed by atoms with Gasteiger partial charge in [0.2, 0.25) is 0 Å². The van der Waals surface area contributed by atoms with Gasteiger partial charge in [-0.25, -0.2) is 4.79 Å². The second kappa shape index (κ2) is 6.69. The third kappa shape index (κ3) is 2.97. The summed E-state index contributed by atoms with van der Waals surface area (Å²) in [7, 11) is 0. The molecule has 2 aromatic carbocycles. The van der Waals surface area contributed by atoms with E-state index in [0.29, 0.717) is 12.0 Å². The third-order valence-corrected chi connectivity index (χ3v) is 5.80. The number of para-hydroxylation sites is 1. The van der Waals surface area contributed by atoms with Crippen molar-refractivity contribution in [3.05, 3.63) is 70.9 Å². The number of aromatic nitrogens is 1. The summed E-state index contributed by atoms with van der Waals surface area (Å²) in [6.07, 6.45) is -3.85. The van der Waals surface area contributed by atoms with Crippen LogP contribution in [0.3, 0.4) is 0 Å². The number of halogens is 3. The molecule has 3 nitrogen and oxygen atoms in total. The van der Waals surface area contributed by atoms with Gasteiger partial charge in [0.15, 0.2) is 0 Å². The Kier molecular flexibility index (Phi) is 4.44. The molecule has 146 valence electrons. The SMILES string of the molecule is CC(c1ccccc1C(=O)O)n1c2c(c3ccccc31)CC(C(F)(F)F)CC2. The quantitative estimate of drug-likeness (QED) is 0.634. The van der Waals surface area contributed by atoms with Gasteiger partial charge >= 0.3 is 12.1 Å². The summed E-state index contributed by atoms with van der Waals surface area (Å²) in [5.41, 5.74) is 3.34. The van der Waals surface area contributed by atoms with Crippen LogP contribution in [-0.2, 0) is 12.8 Å². The molecule has 2 atom stereocenters. The highest BCUT2D eigenvalue weighted by molar-refractivity contribution is 5.90. The molecule has 0 fully saturated rings. The Balaban J connectivity index is 1.89. The predicted octanol–water partition coefficient (Wildman–Crippen LogP) is 5.62. The highest BCUT2D eigenvalue weighted by atomic mass is 19.4. The molecule has 1 aliphatic rings. The van der Waals surface area contributed by atoms with Gasteiger partial charge in [0.25, 0.3) is 0 Å². The van der Waals surface area contributed by atoms with E-state index in [1.165, 1.54) is 0 Å². The number of hydrogen-bond acceptors (Lipinski definition) is 1. The summed E-state index contributed by atoms with van der Waals surface area (Å²) in [6.45, 7) is 1.91. The largest absolute Gasteiger partial charge is 0.478 e. The van der Waals surface area contributed by atoms with E-state index in [4.69, 9.17) is 0 Å². The maximum atomic E-state index is 13.3. The van der Waals surface area contributed by atoms with Crippen molar-refractivity contribution in [1.82, 2.24) is 4.57 Å².